The van der Waals surface area contributed by atoms with Crippen LogP contribution in [0.3, 0.4) is 0 Å². The van der Waals surface area contributed by atoms with Crippen molar-refractivity contribution < 1.29 is 24.6 Å². The number of nitrogens with zero attached hydrogens (tertiary/aromatic N) is 2. The van der Waals surface area contributed by atoms with Gasteiger partial charge >= 0.3 is 11.8 Å². The smallest absolute Gasteiger partial charge is 0.344 e. The number of hydrogen-bond donors (Lipinski definition) is 1. The average molecular weight is 321 g/mol. The number of benzene rings is 1. The van der Waals surface area contributed by atoms with Crippen LogP contribution < -0.4 is 4.74 Å². The molecule has 1 atom stereocenters. The standard InChI is InChI=1S/C16H21N2O5/c1-10(14(19)20)23-12-8-6-7-11(9-12)13-17(21)15(2,3)16(4,5)18(13)22/h6-10H,1-5H3,(H,19,20)/t10-/m1/s1. The van der Waals surface area contributed by atoms with Crippen LogP contribution in [0.25, 0.3) is 0 Å². The third-order valence-corrected chi connectivity index (χ3v) is 4.65. The number of amidine groups is 1. The highest BCUT2D eigenvalue weighted by molar-refractivity contribution is 5.96. The Morgan fingerprint density at radius 3 is 2.43 bits per heavy atom. The zero-order chi connectivity index (χ0) is 17.6. The largest absolute Gasteiger partial charge is 0.714 e. The first kappa shape index (κ1) is 17.1. The van der Waals surface area contributed by atoms with Gasteiger partial charge < -0.3 is 15.1 Å². The monoisotopic (exact) mass is 321 g/mol. The molecule has 0 unspecified atom stereocenters. The molecule has 0 bridgehead atoms. The highest BCUT2D eigenvalue weighted by atomic mass is 16.5. The minimum Gasteiger partial charge on any atom is -0.714 e. The molecule has 0 fully saturated rings. The predicted octanol–water partition coefficient (Wildman–Crippen LogP) is 2.01. The van der Waals surface area contributed by atoms with E-state index >= 15 is 0 Å². The number of aliphatic carboxylic acids is 1. The van der Waals surface area contributed by atoms with Gasteiger partial charge in [-0.15, -0.1) is 0 Å². The second-order valence-electron chi connectivity index (χ2n) is 6.66. The summed E-state index contributed by atoms with van der Waals surface area (Å²) in [6, 6.07) is 6.33. The van der Waals surface area contributed by atoms with E-state index in [4.69, 9.17) is 9.84 Å². The van der Waals surface area contributed by atoms with Crippen LogP contribution in [0.1, 0.15) is 40.2 Å². The van der Waals surface area contributed by atoms with Crippen molar-refractivity contribution in [1.29, 1.82) is 0 Å². The van der Waals surface area contributed by atoms with Crippen LogP contribution in [0.2, 0.25) is 0 Å². The van der Waals surface area contributed by atoms with Gasteiger partial charge in [-0.2, -0.15) is 0 Å². The molecule has 2 rings (SSSR count). The molecule has 7 heteroatoms. The van der Waals surface area contributed by atoms with Gasteiger partial charge in [0, 0.05) is 5.21 Å². The van der Waals surface area contributed by atoms with Crippen molar-refractivity contribution in [1.82, 2.24) is 5.06 Å². The van der Waals surface area contributed by atoms with Crippen LogP contribution in [0.5, 0.6) is 5.75 Å². The highest BCUT2D eigenvalue weighted by Crippen LogP contribution is 2.37. The third kappa shape index (κ3) is 2.61. The summed E-state index contributed by atoms with van der Waals surface area (Å²) in [5.41, 5.74) is -1.42. The van der Waals surface area contributed by atoms with Gasteiger partial charge in [0.1, 0.15) is 11.3 Å². The number of hydroxylamine groups is 3. The minimum absolute atomic E-state index is 0.00609. The van der Waals surface area contributed by atoms with Crippen molar-refractivity contribution >= 4 is 11.8 Å². The zero-order valence-electron chi connectivity index (χ0n) is 13.9. The van der Waals surface area contributed by atoms with E-state index in [-0.39, 0.29) is 11.6 Å². The summed E-state index contributed by atoms with van der Waals surface area (Å²) >= 11 is 0. The van der Waals surface area contributed by atoms with Crippen LogP contribution in [-0.4, -0.2) is 43.9 Å². The normalized spacial score (nSPS) is 20.5. The maximum absolute atomic E-state index is 12.6. The Morgan fingerprint density at radius 2 is 1.96 bits per heavy atom. The predicted molar refractivity (Wildman–Crippen MR) is 82.6 cm³/mol. The molecule has 1 N–H and O–H groups in total. The summed E-state index contributed by atoms with van der Waals surface area (Å²) in [6.07, 6.45) is -1.03. The first-order valence-corrected chi connectivity index (χ1v) is 7.31. The van der Waals surface area contributed by atoms with E-state index in [2.05, 4.69) is 0 Å². The topological polar surface area (TPSA) is 95.7 Å². The number of carbonyl (C=O) groups is 1. The summed E-state index contributed by atoms with van der Waals surface area (Å²) in [7, 11) is 0. The molecule has 1 aliphatic heterocycles. The van der Waals surface area contributed by atoms with Crippen molar-refractivity contribution in [2.24, 2.45) is 0 Å². The summed E-state index contributed by atoms with van der Waals surface area (Å²) in [6.45, 7) is 8.26. The molecule has 0 saturated carbocycles. The summed E-state index contributed by atoms with van der Waals surface area (Å²) in [4.78, 5) is 10.9. The van der Waals surface area contributed by atoms with Gasteiger partial charge in [-0.3, -0.25) is 4.74 Å². The first-order chi connectivity index (χ1) is 10.5. The molecule has 1 heterocycles. The van der Waals surface area contributed by atoms with Crippen molar-refractivity contribution in [3.05, 3.63) is 35.0 Å². The van der Waals surface area contributed by atoms with Crippen molar-refractivity contribution in [2.45, 2.75) is 51.8 Å². The van der Waals surface area contributed by atoms with Gasteiger partial charge in [0.25, 0.3) is 0 Å². The van der Waals surface area contributed by atoms with E-state index in [0.717, 1.165) is 0 Å². The number of carboxylic acids is 1. The molecule has 0 aromatic heterocycles. The van der Waals surface area contributed by atoms with Gasteiger partial charge in [0.05, 0.1) is 5.56 Å². The second kappa shape index (κ2) is 5.42. The molecule has 23 heavy (non-hydrogen) atoms. The Bertz CT molecular complexity index is 666. The van der Waals surface area contributed by atoms with E-state index in [1.54, 1.807) is 45.9 Å². The Labute approximate surface area is 135 Å². The van der Waals surface area contributed by atoms with E-state index in [0.29, 0.717) is 15.4 Å². The van der Waals surface area contributed by atoms with Crippen molar-refractivity contribution in [3.63, 3.8) is 0 Å². The molecule has 7 nitrogen and oxygen atoms in total. The maximum Gasteiger partial charge on any atom is 0.344 e. The zero-order valence-corrected chi connectivity index (χ0v) is 13.9. The first-order valence-electron chi connectivity index (χ1n) is 7.31. The lowest BCUT2D eigenvalue weighted by atomic mass is 9.84. The van der Waals surface area contributed by atoms with Gasteiger partial charge in [-0.05, 0) is 52.8 Å². The highest BCUT2D eigenvalue weighted by Gasteiger charge is 2.59. The molecule has 0 saturated heterocycles. The number of rotatable bonds is 4. The fourth-order valence-corrected chi connectivity index (χ4v) is 2.31. The summed E-state index contributed by atoms with van der Waals surface area (Å²) in [5, 5.41) is 34.8. The van der Waals surface area contributed by atoms with Gasteiger partial charge in [0.15, 0.2) is 11.6 Å². The van der Waals surface area contributed by atoms with E-state index in [9.17, 15) is 15.2 Å². The number of ether oxygens (including phenoxy) is 1. The molecule has 1 aromatic carbocycles. The Morgan fingerprint density at radius 1 is 1.35 bits per heavy atom. The lowest BCUT2D eigenvalue weighted by Crippen LogP contribution is -2.53. The summed E-state index contributed by atoms with van der Waals surface area (Å²) < 4.78 is 6.00. The van der Waals surface area contributed by atoms with Crippen LogP contribution in [0.4, 0.5) is 0 Å². The second-order valence-corrected chi connectivity index (χ2v) is 6.66. The fraction of sp³-hybridized carbons (Fsp3) is 0.500. The van der Waals surface area contributed by atoms with E-state index in [1.807, 2.05) is 0 Å². The lowest BCUT2D eigenvalue weighted by Gasteiger charge is -2.32. The summed E-state index contributed by atoms with van der Waals surface area (Å²) in [5.74, 6) is -0.815. The number of carboxylic acid groups (broad SMARTS) is 1. The quantitative estimate of drug-likeness (QED) is 0.676. The maximum atomic E-state index is 12.6. The van der Waals surface area contributed by atoms with E-state index in [1.165, 1.54) is 13.0 Å². The SMILES string of the molecule is C[C@@H](Oc1cccc(C2=[N+]([O-])C(C)(C)C(C)(C)N2[O])c1)C(=O)O. The van der Waals surface area contributed by atoms with Gasteiger partial charge in [-0.25, -0.2) is 4.79 Å². The molecule has 1 aliphatic rings. The Hall–Kier alpha value is -2.28. The van der Waals surface area contributed by atoms with Gasteiger partial charge in [-0.1, -0.05) is 11.1 Å². The molecule has 1 aromatic rings. The van der Waals surface area contributed by atoms with Gasteiger partial charge in [0.2, 0.25) is 0 Å². The van der Waals surface area contributed by atoms with Crippen LogP contribution in [0.15, 0.2) is 24.3 Å². The van der Waals surface area contributed by atoms with Crippen LogP contribution >= 0.6 is 0 Å². The lowest BCUT2D eigenvalue weighted by molar-refractivity contribution is -0.539. The molecular formula is C16H21N2O5. The molecule has 0 spiro atoms. The van der Waals surface area contributed by atoms with Crippen LogP contribution in [-0.2, 0) is 10.0 Å². The molecular weight excluding hydrogens is 300 g/mol. The molecule has 1 radical (unpaired) electrons. The molecule has 0 amide bonds. The average Bonchev–Trinajstić information content (AvgIpc) is 2.57. The molecule has 125 valence electrons. The number of hydrogen-bond acceptors (Lipinski definition) is 4. The minimum atomic E-state index is -1.10. The third-order valence-electron chi connectivity index (χ3n) is 4.65. The van der Waals surface area contributed by atoms with Crippen LogP contribution in [0, 0.1) is 5.21 Å². The Kier molecular flexibility index (Phi) is 4.02. The van der Waals surface area contributed by atoms with E-state index < -0.39 is 23.2 Å². The van der Waals surface area contributed by atoms with Crippen molar-refractivity contribution in [3.8, 4) is 5.75 Å². The van der Waals surface area contributed by atoms with Crippen molar-refractivity contribution in [2.75, 3.05) is 0 Å². The Balaban J connectivity index is 2.43. The fourth-order valence-electron chi connectivity index (χ4n) is 2.31. The molecule has 0 aliphatic carbocycles.